The highest BCUT2D eigenvalue weighted by atomic mass is 16.5. The molecule has 0 unspecified atom stereocenters. The monoisotopic (exact) mass is 382 g/mol. The average molecular weight is 383 g/mol. The van der Waals surface area contributed by atoms with Gasteiger partial charge in [-0.05, 0) is 59.5 Å². The standard InChI is InChI=1S/C26H26N2O/c1-3-14-28-15-13-22-23(17-28)26(19-8-6-9-20(16-19)29-2)27-24-12-11-18-7-4-5-10-21(18)25(22)24/h4-12,16H,3,13-15,17H2,1-2H3. The van der Waals surface area contributed by atoms with Crippen molar-refractivity contribution in [3.63, 3.8) is 0 Å². The van der Waals surface area contributed by atoms with Gasteiger partial charge in [-0.25, -0.2) is 4.98 Å². The van der Waals surface area contributed by atoms with E-state index >= 15 is 0 Å². The molecule has 1 aromatic heterocycles. The maximum absolute atomic E-state index is 5.49. The summed E-state index contributed by atoms with van der Waals surface area (Å²) in [5.74, 6) is 0.873. The van der Waals surface area contributed by atoms with Crippen LogP contribution >= 0.6 is 0 Å². The number of aromatic nitrogens is 1. The van der Waals surface area contributed by atoms with Gasteiger partial charge in [-0.3, -0.25) is 4.90 Å². The molecular weight excluding hydrogens is 356 g/mol. The normalized spacial score (nSPS) is 14.3. The van der Waals surface area contributed by atoms with Crippen molar-refractivity contribution in [3.05, 3.63) is 71.8 Å². The second-order valence-electron chi connectivity index (χ2n) is 7.86. The van der Waals surface area contributed by atoms with Crippen LogP contribution in [-0.2, 0) is 13.0 Å². The van der Waals surface area contributed by atoms with Gasteiger partial charge in [0.2, 0.25) is 0 Å². The topological polar surface area (TPSA) is 25.4 Å². The average Bonchev–Trinajstić information content (AvgIpc) is 2.78. The van der Waals surface area contributed by atoms with Crippen molar-refractivity contribution in [1.82, 2.24) is 9.88 Å². The van der Waals surface area contributed by atoms with Gasteiger partial charge >= 0.3 is 0 Å². The molecule has 0 saturated heterocycles. The Balaban J connectivity index is 1.81. The lowest BCUT2D eigenvalue weighted by Crippen LogP contribution is -2.32. The summed E-state index contributed by atoms with van der Waals surface area (Å²) in [4.78, 5) is 7.76. The van der Waals surface area contributed by atoms with E-state index in [4.69, 9.17) is 9.72 Å². The minimum absolute atomic E-state index is 0.873. The number of fused-ring (bicyclic) bond motifs is 5. The molecule has 0 radical (unpaired) electrons. The summed E-state index contributed by atoms with van der Waals surface area (Å²) in [6, 6.07) is 21.4. The molecule has 29 heavy (non-hydrogen) atoms. The fourth-order valence-electron chi connectivity index (χ4n) is 4.69. The molecule has 3 nitrogen and oxygen atoms in total. The highest BCUT2D eigenvalue weighted by molar-refractivity contribution is 6.09. The highest BCUT2D eigenvalue weighted by Crippen LogP contribution is 2.37. The molecule has 0 aliphatic carbocycles. The van der Waals surface area contributed by atoms with E-state index in [1.807, 2.05) is 6.07 Å². The lowest BCUT2D eigenvalue weighted by atomic mass is 9.89. The maximum Gasteiger partial charge on any atom is 0.119 e. The molecule has 4 aromatic rings. The molecule has 0 atom stereocenters. The summed E-state index contributed by atoms with van der Waals surface area (Å²) >= 11 is 0. The molecule has 5 rings (SSSR count). The number of hydrogen-bond donors (Lipinski definition) is 0. The van der Waals surface area contributed by atoms with Crippen molar-refractivity contribution in [3.8, 4) is 17.0 Å². The Kier molecular flexibility index (Phi) is 4.69. The molecular formula is C26H26N2O. The zero-order valence-electron chi connectivity index (χ0n) is 17.1. The Hall–Kier alpha value is -2.91. The van der Waals surface area contributed by atoms with Crippen molar-refractivity contribution in [2.75, 3.05) is 20.2 Å². The van der Waals surface area contributed by atoms with E-state index in [1.54, 1.807) is 7.11 Å². The van der Waals surface area contributed by atoms with Gasteiger partial charge in [-0.1, -0.05) is 49.4 Å². The highest BCUT2D eigenvalue weighted by Gasteiger charge is 2.24. The predicted octanol–water partition coefficient (Wildman–Crippen LogP) is 5.83. The number of ether oxygens (including phenoxy) is 1. The van der Waals surface area contributed by atoms with Gasteiger partial charge in [-0.15, -0.1) is 0 Å². The molecule has 0 amide bonds. The molecule has 1 aliphatic heterocycles. The van der Waals surface area contributed by atoms with Crippen LogP contribution < -0.4 is 4.74 Å². The van der Waals surface area contributed by atoms with E-state index in [0.717, 1.165) is 48.6 Å². The summed E-state index contributed by atoms with van der Waals surface area (Å²) in [6.45, 7) is 5.46. The Labute approximate surface area is 171 Å². The van der Waals surface area contributed by atoms with E-state index in [-0.39, 0.29) is 0 Å². The largest absolute Gasteiger partial charge is 0.497 e. The lowest BCUT2D eigenvalue weighted by Gasteiger charge is -2.31. The van der Waals surface area contributed by atoms with Gasteiger partial charge in [0.1, 0.15) is 5.75 Å². The summed E-state index contributed by atoms with van der Waals surface area (Å²) in [7, 11) is 1.72. The first-order valence-corrected chi connectivity index (χ1v) is 10.5. The minimum Gasteiger partial charge on any atom is -0.497 e. The SMILES string of the molecule is CCCN1CCc2c(c(-c3cccc(OC)c3)nc3ccc4ccccc4c23)C1. The van der Waals surface area contributed by atoms with Crippen LogP contribution in [-0.4, -0.2) is 30.1 Å². The van der Waals surface area contributed by atoms with E-state index in [2.05, 4.69) is 66.4 Å². The van der Waals surface area contributed by atoms with Gasteiger partial charge in [0, 0.05) is 24.0 Å². The maximum atomic E-state index is 5.49. The number of pyridine rings is 1. The number of rotatable bonds is 4. The molecule has 0 N–H and O–H groups in total. The van der Waals surface area contributed by atoms with Crippen LogP contribution in [0.5, 0.6) is 5.75 Å². The Morgan fingerprint density at radius 3 is 2.76 bits per heavy atom. The van der Waals surface area contributed by atoms with Crippen LogP contribution in [0.2, 0.25) is 0 Å². The van der Waals surface area contributed by atoms with Gasteiger partial charge in [-0.2, -0.15) is 0 Å². The van der Waals surface area contributed by atoms with Crippen LogP contribution in [0.1, 0.15) is 24.5 Å². The first-order chi connectivity index (χ1) is 14.3. The third-order valence-electron chi connectivity index (χ3n) is 6.03. The van der Waals surface area contributed by atoms with E-state index in [0.29, 0.717) is 0 Å². The van der Waals surface area contributed by atoms with Gasteiger partial charge < -0.3 is 4.74 Å². The van der Waals surface area contributed by atoms with Gasteiger partial charge in [0.15, 0.2) is 0 Å². The molecule has 1 aliphatic rings. The molecule has 2 heterocycles. The van der Waals surface area contributed by atoms with Gasteiger partial charge in [0.25, 0.3) is 0 Å². The third kappa shape index (κ3) is 3.16. The molecule has 3 aromatic carbocycles. The van der Waals surface area contributed by atoms with Crippen LogP contribution in [0.3, 0.4) is 0 Å². The zero-order valence-corrected chi connectivity index (χ0v) is 17.1. The predicted molar refractivity (Wildman–Crippen MR) is 121 cm³/mol. The van der Waals surface area contributed by atoms with Crippen LogP contribution in [0.4, 0.5) is 0 Å². The number of hydrogen-bond acceptors (Lipinski definition) is 3. The molecule has 0 bridgehead atoms. The third-order valence-corrected chi connectivity index (χ3v) is 6.03. The van der Waals surface area contributed by atoms with E-state index < -0.39 is 0 Å². The second kappa shape index (κ2) is 7.49. The molecule has 0 fully saturated rings. The fourth-order valence-corrected chi connectivity index (χ4v) is 4.69. The van der Waals surface area contributed by atoms with E-state index in [1.165, 1.54) is 33.7 Å². The van der Waals surface area contributed by atoms with Crippen molar-refractivity contribution in [1.29, 1.82) is 0 Å². The lowest BCUT2D eigenvalue weighted by molar-refractivity contribution is 0.255. The first kappa shape index (κ1) is 18.1. The Morgan fingerprint density at radius 1 is 1.00 bits per heavy atom. The van der Waals surface area contributed by atoms with E-state index in [9.17, 15) is 0 Å². The molecule has 146 valence electrons. The number of benzene rings is 3. The number of nitrogens with zero attached hydrogens (tertiary/aromatic N) is 2. The molecule has 0 saturated carbocycles. The minimum atomic E-state index is 0.873. The zero-order chi connectivity index (χ0) is 19.8. The summed E-state index contributed by atoms with van der Waals surface area (Å²) in [6.07, 6.45) is 2.24. The van der Waals surface area contributed by atoms with Crippen molar-refractivity contribution in [2.24, 2.45) is 0 Å². The van der Waals surface area contributed by atoms with Gasteiger partial charge in [0.05, 0.1) is 18.3 Å². The summed E-state index contributed by atoms with van der Waals surface area (Å²) < 4.78 is 5.49. The second-order valence-corrected chi connectivity index (χ2v) is 7.86. The number of methoxy groups -OCH3 is 1. The van der Waals surface area contributed by atoms with Crippen LogP contribution in [0.15, 0.2) is 60.7 Å². The van der Waals surface area contributed by atoms with Crippen LogP contribution in [0.25, 0.3) is 32.9 Å². The fraction of sp³-hybridized carbons (Fsp3) is 0.269. The Morgan fingerprint density at radius 2 is 1.90 bits per heavy atom. The quantitative estimate of drug-likeness (QED) is 0.415. The summed E-state index contributed by atoms with van der Waals surface area (Å²) in [5.41, 5.74) is 6.17. The summed E-state index contributed by atoms with van der Waals surface area (Å²) in [5, 5.41) is 3.94. The van der Waals surface area contributed by atoms with Crippen molar-refractivity contribution < 1.29 is 4.74 Å². The smallest absolute Gasteiger partial charge is 0.119 e. The van der Waals surface area contributed by atoms with Crippen LogP contribution in [0, 0.1) is 0 Å². The Bertz CT molecular complexity index is 1200. The first-order valence-electron chi connectivity index (χ1n) is 10.5. The molecule has 0 spiro atoms. The molecule has 3 heteroatoms. The van der Waals surface area contributed by atoms with Crippen molar-refractivity contribution in [2.45, 2.75) is 26.3 Å². The van der Waals surface area contributed by atoms with Crippen molar-refractivity contribution >= 4 is 21.7 Å².